The van der Waals surface area contributed by atoms with Gasteiger partial charge in [0.25, 0.3) is 0 Å². The summed E-state index contributed by atoms with van der Waals surface area (Å²) in [6.07, 6.45) is -2.20. The smallest absolute Gasteiger partial charge is 0.311 e. The Bertz CT molecular complexity index is 249. The Balaban J connectivity index is 2.36. The van der Waals surface area contributed by atoms with Crippen molar-refractivity contribution in [2.75, 3.05) is 13.7 Å². The number of carbonyl (C=O) groups is 1. The Kier molecular flexibility index (Phi) is 4.27. The van der Waals surface area contributed by atoms with E-state index >= 15 is 0 Å². The lowest BCUT2D eigenvalue weighted by Gasteiger charge is -2.19. The van der Waals surface area contributed by atoms with Gasteiger partial charge >= 0.3 is 5.97 Å². The molecule has 5 heteroatoms. The molecule has 0 amide bonds. The number of alkyl halides is 1. The van der Waals surface area contributed by atoms with Crippen LogP contribution in [0.2, 0.25) is 0 Å². The van der Waals surface area contributed by atoms with Crippen molar-refractivity contribution in [3.8, 4) is 0 Å². The molecule has 3 atom stereocenters. The van der Waals surface area contributed by atoms with Crippen LogP contribution >= 0.6 is 0 Å². The van der Waals surface area contributed by atoms with E-state index in [1.165, 1.54) is 7.11 Å². The summed E-state index contributed by atoms with van der Waals surface area (Å²) >= 11 is 0. The molecule has 16 heavy (non-hydrogen) atoms. The van der Waals surface area contributed by atoms with Crippen molar-refractivity contribution in [3.63, 3.8) is 0 Å². The lowest BCUT2D eigenvalue weighted by Crippen LogP contribution is -2.30. The number of carbonyl (C=O) groups excluding carboxylic acids is 1. The Labute approximate surface area is 95.1 Å². The van der Waals surface area contributed by atoms with Gasteiger partial charge in [0, 0.05) is 13.5 Å². The summed E-state index contributed by atoms with van der Waals surface area (Å²) in [5.41, 5.74) is -0.578. The average molecular weight is 234 g/mol. The molecule has 0 spiro atoms. The topological polar surface area (TPSA) is 44.8 Å². The van der Waals surface area contributed by atoms with Gasteiger partial charge in [-0.2, -0.15) is 0 Å². The molecule has 0 N–H and O–H groups in total. The third-order valence-corrected chi connectivity index (χ3v) is 2.40. The van der Waals surface area contributed by atoms with E-state index in [2.05, 4.69) is 0 Å². The lowest BCUT2D eigenvalue weighted by molar-refractivity contribution is -0.164. The van der Waals surface area contributed by atoms with Crippen molar-refractivity contribution in [1.82, 2.24) is 0 Å². The molecule has 0 radical (unpaired) electrons. The molecule has 1 aliphatic rings. The Morgan fingerprint density at radius 2 is 2.12 bits per heavy atom. The molecule has 1 saturated heterocycles. The van der Waals surface area contributed by atoms with E-state index in [1.54, 1.807) is 20.8 Å². The van der Waals surface area contributed by atoms with E-state index in [9.17, 15) is 9.18 Å². The fourth-order valence-corrected chi connectivity index (χ4v) is 1.34. The number of ether oxygens (including phenoxy) is 3. The van der Waals surface area contributed by atoms with Crippen LogP contribution in [0.25, 0.3) is 0 Å². The first-order valence-electron chi connectivity index (χ1n) is 5.34. The number of halogens is 1. The van der Waals surface area contributed by atoms with Crippen molar-refractivity contribution in [3.05, 3.63) is 0 Å². The minimum atomic E-state index is -1.14. The van der Waals surface area contributed by atoms with Crippen LogP contribution in [0.15, 0.2) is 0 Å². The van der Waals surface area contributed by atoms with Crippen LogP contribution in [-0.4, -0.2) is 38.3 Å². The van der Waals surface area contributed by atoms with Gasteiger partial charge in [-0.15, -0.1) is 0 Å². The highest BCUT2D eigenvalue weighted by molar-refractivity contribution is 5.75. The van der Waals surface area contributed by atoms with Crippen molar-refractivity contribution < 1.29 is 23.4 Å². The van der Waals surface area contributed by atoms with Gasteiger partial charge in [0.2, 0.25) is 0 Å². The first-order valence-corrected chi connectivity index (χ1v) is 5.34. The molecule has 0 aliphatic carbocycles. The predicted octanol–water partition coefficient (Wildman–Crippen LogP) is 1.68. The number of rotatable bonds is 3. The SMILES string of the molecule is CO[C@@H]1C[C@H](F)[C@@H](COC(=O)C(C)(C)C)O1. The summed E-state index contributed by atoms with van der Waals surface area (Å²) in [6.45, 7) is 5.18. The molecule has 4 nitrogen and oxygen atoms in total. The molecule has 1 fully saturated rings. The molecule has 0 aromatic carbocycles. The molecule has 0 aromatic rings. The average Bonchev–Trinajstić information content (AvgIpc) is 2.54. The van der Waals surface area contributed by atoms with E-state index in [0.29, 0.717) is 0 Å². The first-order chi connectivity index (χ1) is 7.34. The van der Waals surface area contributed by atoms with Crippen LogP contribution in [-0.2, 0) is 19.0 Å². The fourth-order valence-electron chi connectivity index (χ4n) is 1.34. The standard InChI is InChI=1S/C11H19FO4/c1-11(2,3)10(13)15-6-8-7(12)5-9(14-4)16-8/h7-9H,5-6H2,1-4H3/t7-,8+,9-/m0/s1. The van der Waals surface area contributed by atoms with Crippen LogP contribution < -0.4 is 0 Å². The van der Waals surface area contributed by atoms with Gasteiger partial charge in [-0.1, -0.05) is 0 Å². The zero-order valence-corrected chi connectivity index (χ0v) is 10.2. The van der Waals surface area contributed by atoms with Crippen LogP contribution in [0.3, 0.4) is 0 Å². The summed E-state index contributed by atoms with van der Waals surface area (Å²) in [7, 11) is 1.46. The third kappa shape index (κ3) is 3.42. The number of hydrogen-bond donors (Lipinski definition) is 0. The Hall–Kier alpha value is -0.680. The molecule has 1 aliphatic heterocycles. The molecule has 1 rings (SSSR count). The number of methoxy groups -OCH3 is 1. The van der Waals surface area contributed by atoms with Gasteiger partial charge in [-0.25, -0.2) is 4.39 Å². The van der Waals surface area contributed by atoms with Gasteiger partial charge in [0.15, 0.2) is 6.29 Å². The predicted molar refractivity (Wildman–Crippen MR) is 55.6 cm³/mol. The van der Waals surface area contributed by atoms with E-state index < -0.39 is 24.0 Å². The summed E-state index contributed by atoms with van der Waals surface area (Å²) in [5.74, 6) is -0.357. The summed E-state index contributed by atoms with van der Waals surface area (Å²) < 4.78 is 28.5. The minimum Gasteiger partial charge on any atom is -0.462 e. The van der Waals surface area contributed by atoms with Crippen LogP contribution in [0.5, 0.6) is 0 Å². The molecule has 1 heterocycles. The largest absolute Gasteiger partial charge is 0.462 e. The molecular formula is C11H19FO4. The van der Waals surface area contributed by atoms with Gasteiger partial charge in [-0.3, -0.25) is 4.79 Å². The monoisotopic (exact) mass is 234 g/mol. The van der Waals surface area contributed by atoms with E-state index in [0.717, 1.165) is 0 Å². The second-order valence-electron chi connectivity index (χ2n) is 4.94. The zero-order chi connectivity index (χ0) is 12.3. The highest BCUT2D eigenvalue weighted by Crippen LogP contribution is 2.24. The van der Waals surface area contributed by atoms with E-state index in [-0.39, 0.29) is 19.0 Å². The molecule has 0 saturated carbocycles. The van der Waals surface area contributed by atoms with Gasteiger partial charge in [0.05, 0.1) is 5.41 Å². The molecule has 0 aromatic heterocycles. The second-order valence-corrected chi connectivity index (χ2v) is 4.94. The van der Waals surface area contributed by atoms with Crippen molar-refractivity contribution in [2.45, 2.75) is 45.8 Å². The van der Waals surface area contributed by atoms with Gasteiger partial charge < -0.3 is 14.2 Å². The highest BCUT2D eigenvalue weighted by Gasteiger charge is 2.37. The van der Waals surface area contributed by atoms with Crippen molar-refractivity contribution in [1.29, 1.82) is 0 Å². The zero-order valence-electron chi connectivity index (χ0n) is 10.2. The van der Waals surface area contributed by atoms with Gasteiger partial charge in [0.1, 0.15) is 18.9 Å². The van der Waals surface area contributed by atoms with Crippen molar-refractivity contribution >= 4 is 5.97 Å². The highest BCUT2D eigenvalue weighted by atomic mass is 19.1. The maximum Gasteiger partial charge on any atom is 0.311 e. The van der Waals surface area contributed by atoms with Crippen molar-refractivity contribution in [2.24, 2.45) is 5.41 Å². The summed E-state index contributed by atoms with van der Waals surface area (Å²) in [6, 6.07) is 0. The molecular weight excluding hydrogens is 215 g/mol. The minimum absolute atomic E-state index is 0.0584. The second kappa shape index (κ2) is 5.10. The molecule has 94 valence electrons. The Morgan fingerprint density at radius 1 is 1.50 bits per heavy atom. The number of hydrogen-bond acceptors (Lipinski definition) is 4. The quantitative estimate of drug-likeness (QED) is 0.697. The molecule has 0 bridgehead atoms. The van der Waals surface area contributed by atoms with E-state index in [1.807, 2.05) is 0 Å². The van der Waals surface area contributed by atoms with E-state index in [4.69, 9.17) is 14.2 Å². The Morgan fingerprint density at radius 3 is 2.56 bits per heavy atom. The van der Waals surface area contributed by atoms with Crippen LogP contribution in [0, 0.1) is 5.41 Å². The fraction of sp³-hybridized carbons (Fsp3) is 0.909. The third-order valence-electron chi connectivity index (χ3n) is 2.40. The molecule has 0 unspecified atom stereocenters. The normalized spacial score (nSPS) is 30.4. The van der Waals surface area contributed by atoms with Gasteiger partial charge in [-0.05, 0) is 20.8 Å². The summed E-state index contributed by atoms with van der Waals surface area (Å²) in [4.78, 5) is 11.4. The maximum atomic E-state index is 13.4. The summed E-state index contributed by atoms with van der Waals surface area (Å²) in [5, 5.41) is 0. The maximum absolute atomic E-state index is 13.4. The van der Waals surface area contributed by atoms with Crippen LogP contribution in [0.4, 0.5) is 4.39 Å². The lowest BCUT2D eigenvalue weighted by atomic mass is 9.97. The number of esters is 1. The van der Waals surface area contributed by atoms with Crippen LogP contribution in [0.1, 0.15) is 27.2 Å². The first kappa shape index (κ1) is 13.4.